The predicted molar refractivity (Wildman–Crippen MR) is 82.8 cm³/mol. The Bertz CT molecular complexity index is 455. The Morgan fingerprint density at radius 2 is 1.60 bits per heavy atom. The second-order valence-electron chi connectivity index (χ2n) is 5.31. The van der Waals surface area contributed by atoms with Gasteiger partial charge in [-0.3, -0.25) is 14.6 Å². The van der Waals surface area contributed by atoms with Gasteiger partial charge in [-0.15, -0.1) is 0 Å². The Kier molecular flexibility index (Phi) is 5.18. The van der Waals surface area contributed by atoms with Gasteiger partial charge in [-0.2, -0.15) is 0 Å². The van der Waals surface area contributed by atoms with Crippen molar-refractivity contribution in [2.45, 2.75) is 25.9 Å². The van der Waals surface area contributed by atoms with E-state index in [-0.39, 0.29) is 6.04 Å². The second kappa shape index (κ2) is 6.70. The minimum atomic E-state index is -0.737. The van der Waals surface area contributed by atoms with E-state index in [1.54, 1.807) is 6.92 Å². The molecule has 1 aromatic carbocycles. The summed E-state index contributed by atoms with van der Waals surface area (Å²) in [7, 11) is 0. The van der Waals surface area contributed by atoms with Gasteiger partial charge in [-0.25, -0.2) is 0 Å². The SMILES string of the molecule is C[C@H](c1ccc(Br)cc1)N1CCN([C@@H](C)C(=O)O)CC1. The van der Waals surface area contributed by atoms with Crippen LogP contribution in [0.3, 0.4) is 0 Å². The number of aliphatic carboxylic acids is 1. The molecule has 110 valence electrons. The maximum Gasteiger partial charge on any atom is 0.320 e. The van der Waals surface area contributed by atoms with E-state index < -0.39 is 5.97 Å². The van der Waals surface area contributed by atoms with Gasteiger partial charge >= 0.3 is 5.97 Å². The van der Waals surface area contributed by atoms with Crippen molar-refractivity contribution in [3.8, 4) is 0 Å². The first-order chi connectivity index (χ1) is 9.49. The van der Waals surface area contributed by atoms with Gasteiger partial charge in [0, 0.05) is 36.7 Å². The standard InChI is InChI=1S/C15H21BrN2O2/c1-11(13-3-5-14(16)6-4-13)17-7-9-18(10-8-17)12(2)15(19)20/h3-6,11-12H,7-10H2,1-2H3,(H,19,20)/t11-,12+/m1/s1. The minimum absolute atomic E-state index is 0.366. The number of piperazine rings is 1. The summed E-state index contributed by atoms with van der Waals surface area (Å²) in [5, 5.41) is 9.05. The highest BCUT2D eigenvalue weighted by Gasteiger charge is 2.27. The molecule has 20 heavy (non-hydrogen) atoms. The Hall–Kier alpha value is -0.910. The summed E-state index contributed by atoms with van der Waals surface area (Å²) in [6.45, 7) is 7.42. The number of carboxylic acids is 1. The molecule has 1 heterocycles. The lowest BCUT2D eigenvalue weighted by atomic mass is 10.1. The van der Waals surface area contributed by atoms with Crippen molar-refractivity contribution < 1.29 is 9.90 Å². The molecule has 5 heteroatoms. The summed E-state index contributed by atoms with van der Waals surface area (Å²) < 4.78 is 1.09. The summed E-state index contributed by atoms with van der Waals surface area (Å²) >= 11 is 3.45. The Morgan fingerprint density at radius 3 is 2.10 bits per heavy atom. The molecule has 0 spiro atoms. The van der Waals surface area contributed by atoms with Gasteiger partial charge in [0.1, 0.15) is 6.04 Å². The molecule has 0 saturated carbocycles. The zero-order valence-corrected chi connectivity index (χ0v) is 13.5. The van der Waals surface area contributed by atoms with Gasteiger partial charge in [-0.05, 0) is 31.5 Å². The third-order valence-corrected chi connectivity index (χ3v) is 4.68. The molecule has 1 saturated heterocycles. The van der Waals surface area contributed by atoms with E-state index in [1.165, 1.54) is 5.56 Å². The summed E-state index contributed by atoms with van der Waals surface area (Å²) in [5.41, 5.74) is 1.30. The van der Waals surface area contributed by atoms with Crippen LogP contribution in [0.5, 0.6) is 0 Å². The molecule has 1 fully saturated rings. The number of nitrogens with zero attached hydrogens (tertiary/aromatic N) is 2. The van der Waals surface area contributed by atoms with Gasteiger partial charge in [0.2, 0.25) is 0 Å². The van der Waals surface area contributed by atoms with Gasteiger partial charge in [-0.1, -0.05) is 28.1 Å². The number of benzene rings is 1. The van der Waals surface area contributed by atoms with E-state index in [0.29, 0.717) is 6.04 Å². The molecule has 4 nitrogen and oxygen atoms in total. The predicted octanol–water partition coefficient (Wildman–Crippen LogP) is 2.60. The van der Waals surface area contributed by atoms with Crippen LogP contribution in [0, 0.1) is 0 Å². The van der Waals surface area contributed by atoms with Crippen LogP contribution in [-0.2, 0) is 4.79 Å². The largest absolute Gasteiger partial charge is 0.480 e. The second-order valence-corrected chi connectivity index (χ2v) is 6.23. The van der Waals surface area contributed by atoms with E-state index in [9.17, 15) is 4.79 Å². The molecule has 2 atom stereocenters. The molecule has 2 rings (SSSR count). The maximum absolute atomic E-state index is 11.0. The van der Waals surface area contributed by atoms with Crippen LogP contribution in [0.25, 0.3) is 0 Å². The molecule has 1 aromatic rings. The Balaban J connectivity index is 1.93. The van der Waals surface area contributed by atoms with E-state index in [0.717, 1.165) is 30.7 Å². The Labute approximate surface area is 128 Å². The normalized spacial score (nSPS) is 20.6. The molecule has 0 bridgehead atoms. The monoisotopic (exact) mass is 340 g/mol. The molecule has 1 N–H and O–H groups in total. The quantitative estimate of drug-likeness (QED) is 0.914. The van der Waals surface area contributed by atoms with Crippen LogP contribution in [0.15, 0.2) is 28.7 Å². The average molecular weight is 341 g/mol. The molecule has 1 aliphatic heterocycles. The van der Waals surface area contributed by atoms with Crippen molar-refractivity contribution in [3.63, 3.8) is 0 Å². The highest BCUT2D eigenvalue weighted by molar-refractivity contribution is 9.10. The van der Waals surface area contributed by atoms with Crippen LogP contribution in [0.1, 0.15) is 25.5 Å². The highest BCUT2D eigenvalue weighted by atomic mass is 79.9. The number of hydrogen-bond donors (Lipinski definition) is 1. The summed E-state index contributed by atoms with van der Waals surface area (Å²) in [6.07, 6.45) is 0. The first kappa shape index (κ1) is 15.5. The Morgan fingerprint density at radius 1 is 1.10 bits per heavy atom. The third-order valence-electron chi connectivity index (χ3n) is 4.15. The molecule has 1 aliphatic rings. The van der Waals surface area contributed by atoms with Crippen LogP contribution >= 0.6 is 15.9 Å². The van der Waals surface area contributed by atoms with Crippen LogP contribution in [0.4, 0.5) is 0 Å². The highest BCUT2D eigenvalue weighted by Crippen LogP contribution is 2.23. The van der Waals surface area contributed by atoms with Crippen molar-refractivity contribution in [3.05, 3.63) is 34.3 Å². The first-order valence-corrected chi connectivity index (χ1v) is 7.74. The van der Waals surface area contributed by atoms with Gasteiger partial charge < -0.3 is 5.11 Å². The van der Waals surface area contributed by atoms with E-state index in [2.05, 4.69) is 52.0 Å². The fraction of sp³-hybridized carbons (Fsp3) is 0.533. The lowest BCUT2D eigenvalue weighted by Gasteiger charge is -2.39. The lowest BCUT2D eigenvalue weighted by Crippen LogP contribution is -2.52. The van der Waals surface area contributed by atoms with Crippen LogP contribution in [0.2, 0.25) is 0 Å². The summed E-state index contributed by atoms with van der Waals surface area (Å²) in [6, 6.07) is 8.39. The van der Waals surface area contributed by atoms with E-state index in [1.807, 2.05) is 4.90 Å². The first-order valence-electron chi connectivity index (χ1n) is 6.95. The third kappa shape index (κ3) is 3.59. The molecule has 0 unspecified atom stereocenters. The number of rotatable bonds is 4. The zero-order chi connectivity index (χ0) is 14.7. The van der Waals surface area contributed by atoms with Crippen molar-refractivity contribution >= 4 is 21.9 Å². The maximum atomic E-state index is 11.0. The van der Waals surface area contributed by atoms with Crippen LogP contribution in [-0.4, -0.2) is 53.1 Å². The molecular weight excluding hydrogens is 320 g/mol. The molecule has 0 aromatic heterocycles. The number of carbonyl (C=O) groups is 1. The average Bonchev–Trinajstić information content (AvgIpc) is 2.46. The fourth-order valence-corrected chi connectivity index (χ4v) is 2.88. The summed E-state index contributed by atoms with van der Waals surface area (Å²) in [4.78, 5) is 15.5. The fourth-order valence-electron chi connectivity index (χ4n) is 2.62. The minimum Gasteiger partial charge on any atom is -0.480 e. The van der Waals surface area contributed by atoms with Crippen molar-refractivity contribution in [2.75, 3.05) is 26.2 Å². The van der Waals surface area contributed by atoms with E-state index in [4.69, 9.17) is 5.11 Å². The zero-order valence-electron chi connectivity index (χ0n) is 11.9. The van der Waals surface area contributed by atoms with Gasteiger partial charge in [0.25, 0.3) is 0 Å². The molecule has 0 amide bonds. The molecule has 0 aliphatic carbocycles. The van der Waals surface area contributed by atoms with E-state index >= 15 is 0 Å². The van der Waals surface area contributed by atoms with Crippen molar-refractivity contribution in [2.24, 2.45) is 0 Å². The number of carboxylic acid groups (broad SMARTS) is 1. The molecular formula is C15H21BrN2O2. The lowest BCUT2D eigenvalue weighted by molar-refractivity contribution is -0.143. The summed E-state index contributed by atoms with van der Waals surface area (Å²) in [5.74, 6) is -0.737. The van der Waals surface area contributed by atoms with Gasteiger partial charge in [0.15, 0.2) is 0 Å². The molecule has 0 radical (unpaired) electrons. The number of halogens is 1. The number of hydrogen-bond acceptors (Lipinski definition) is 3. The van der Waals surface area contributed by atoms with Crippen molar-refractivity contribution in [1.29, 1.82) is 0 Å². The van der Waals surface area contributed by atoms with Gasteiger partial charge in [0.05, 0.1) is 0 Å². The van der Waals surface area contributed by atoms with Crippen LogP contribution < -0.4 is 0 Å². The van der Waals surface area contributed by atoms with Crippen molar-refractivity contribution in [1.82, 2.24) is 9.80 Å². The smallest absolute Gasteiger partial charge is 0.320 e. The topological polar surface area (TPSA) is 43.8 Å².